The Labute approximate surface area is 164 Å². The maximum absolute atomic E-state index is 11.0. The normalized spacial score (nSPS) is 58.9. The van der Waals surface area contributed by atoms with Crippen LogP contribution in [0.2, 0.25) is 0 Å². The molecule has 5 fully saturated rings. The first-order valence-corrected chi connectivity index (χ1v) is 11.2. The van der Waals surface area contributed by atoms with Crippen molar-refractivity contribution in [1.82, 2.24) is 0 Å². The van der Waals surface area contributed by atoms with Crippen LogP contribution in [0, 0.1) is 34.0 Å². The van der Waals surface area contributed by atoms with Gasteiger partial charge in [-0.05, 0) is 93.8 Å². The molecule has 0 aromatic carbocycles. The van der Waals surface area contributed by atoms with Crippen LogP contribution < -0.4 is 0 Å². The van der Waals surface area contributed by atoms with E-state index in [0.717, 1.165) is 38.7 Å². The van der Waals surface area contributed by atoms with Crippen LogP contribution in [-0.2, 0) is 9.47 Å². The molecule has 1 spiro atoms. The van der Waals surface area contributed by atoms with Crippen molar-refractivity contribution in [3.8, 4) is 0 Å². The van der Waals surface area contributed by atoms with Crippen LogP contribution in [0.4, 0.5) is 0 Å². The highest BCUT2D eigenvalue weighted by Gasteiger charge is 2.71. The molecular formula is C23H38O4. The average molecular weight is 379 g/mol. The summed E-state index contributed by atoms with van der Waals surface area (Å²) in [7, 11) is 0. The molecule has 0 radical (unpaired) electrons. The lowest BCUT2D eigenvalue weighted by molar-refractivity contribution is -0.352. The van der Waals surface area contributed by atoms with Crippen molar-refractivity contribution in [1.29, 1.82) is 0 Å². The Bertz CT molecular complexity index is 634. The van der Waals surface area contributed by atoms with Crippen molar-refractivity contribution >= 4 is 0 Å². The Balaban J connectivity index is 1.51. The molecule has 4 aliphatic carbocycles. The fourth-order valence-corrected chi connectivity index (χ4v) is 8.80. The Morgan fingerprint density at radius 1 is 0.963 bits per heavy atom. The van der Waals surface area contributed by atoms with Gasteiger partial charge in [0.2, 0.25) is 0 Å². The predicted molar refractivity (Wildman–Crippen MR) is 103 cm³/mol. The molecule has 5 aliphatic rings. The fraction of sp³-hybridized carbons (Fsp3) is 1.00. The molecular weight excluding hydrogens is 340 g/mol. The molecule has 2 N–H and O–H groups in total. The number of ether oxygens (including phenoxy) is 2. The number of hydrogen-bond acceptors (Lipinski definition) is 4. The minimum atomic E-state index is -0.837. The smallest absolute Gasteiger partial charge is 0.163 e. The maximum atomic E-state index is 11.0. The highest BCUT2D eigenvalue weighted by atomic mass is 16.7. The van der Waals surface area contributed by atoms with E-state index in [1.54, 1.807) is 0 Å². The molecule has 4 saturated carbocycles. The van der Waals surface area contributed by atoms with Crippen molar-refractivity contribution in [2.75, 3.05) is 13.2 Å². The molecule has 1 unspecified atom stereocenters. The number of hydrogen-bond donors (Lipinski definition) is 2. The van der Waals surface area contributed by atoms with Crippen LogP contribution in [0.25, 0.3) is 0 Å². The van der Waals surface area contributed by atoms with Crippen molar-refractivity contribution in [3.63, 3.8) is 0 Å². The lowest BCUT2D eigenvalue weighted by Gasteiger charge is -2.68. The Morgan fingerprint density at radius 3 is 2.48 bits per heavy atom. The van der Waals surface area contributed by atoms with Crippen molar-refractivity contribution in [2.45, 2.75) is 96.6 Å². The third-order valence-corrected chi connectivity index (χ3v) is 10.3. The molecule has 2 bridgehead atoms. The topological polar surface area (TPSA) is 58.9 Å². The van der Waals surface area contributed by atoms with E-state index in [2.05, 4.69) is 13.8 Å². The molecule has 4 heteroatoms. The predicted octanol–water partition coefficient (Wildman–Crippen LogP) is 3.88. The first-order valence-electron chi connectivity index (χ1n) is 11.2. The van der Waals surface area contributed by atoms with Crippen molar-refractivity contribution < 1.29 is 19.7 Å². The number of rotatable bonds is 1. The van der Waals surface area contributed by atoms with E-state index >= 15 is 0 Å². The van der Waals surface area contributed by atoms with Gasteiger partial charge in [-0.3, -0.25) is 0 Å². The molecule has 0 amide bonds. The van der Waals surface area contributed by atoms with Crippen LogP contribution in [-0.4, -0.2) is 40.9 Å². The largest absolute Gasteiger partial charge is 0.393 e. The molecule has 27 heavy (non-hydrogen) atoms. The van der Waals surface area contributed by atoms with E-state index in [9.17, 15) is 10.2 Å². The Morgan fingerprint density at radius 2 is 1.74 bits per heavy atom. The molecule has 5 rings (SSSR count). The van der Waals surface area contributed by atoms with Gasteiger partial charge in [0.25, 0.3) is 0 Å². The van der Waals surface area contributed by atoms with Crippen LogP contribution in [0.1, 0.15) is 79.1 Å². The number of fused-ring (bicyclic) bond motifs is 4. The van der Waals surface area contributed by atoms with Gasteiger partial charge in [0, 0.05) is 5.41 Å². The van der Waals surface area contributed by atoms with Crippen LogP contribution >= 0.6 is 0 Å². The molecule has 0 aromatic rings. The van der Waals surface area contributed by atoms with Crippen LogP contribution in [0.15, 0.2) is 0 Å². The zero-order valence-corrected chi connectivity index (χ0v) is 17.6. The Kier molecular flexibility index (Phi) is 3.84. The van der Waals surface area contributed by atoms with E-state index in [1.807, 2.05) is 13.8 Å². The third-order valence-electron chi connectivity index (χ3n) is 10.3. The summed E-state index contributed by atoms with van der Waals surface area (Å²) in [4.78, 5) is 0. The fourth-order valence-electron chi connectivity index (χ4n) is 8.80. The lowest BCUT2D eigenvalue weighted by atomic mass is 9.39. The summed E-state index contributed by atoms with van der Waals surface area (Å²) in [6, 6.07) is 0. The summed E-state index contributed by atoms with van der Waals surface area (Å²) in [6.45, 7) is 9.82. The van der Waals surface area contributed by atoms with Gasteiger partial charge in [-0.2, -0.15) is 0 Å². The average Bonchev–Trinajstić information content (AvgIpc) is 2.97. The second kappa shape index (κ2) is 5.50. The summed E-state index contributed by atoms with van der Waals surface area (Å²) >= 11 is 0. The van der Waals surface area contributed by atoms with E-state index in [4.69, 9.17) is 9.47 Å². The number of aliphatic hydroxyl groups excluding tert-OH is 1. The van der Waals surface area contributed by atoms with Crippen LogP contribution in [0.5, 0.6) is 0 Å². The second-order valence-electron chi connectivity index (χ2n) is 11.6. The van der Waals surface area contributed by atoms with Gasteiger partial charge in [0.1, 0.15) is 0 Å². The molecule has 8 atom stereocenters. The number of aliphatic hydroxyl groups is 2. The maximum Gasteiger partial charge on any atom is 0.163 e. The monoisotopic (exact) mass is 378 g/mol. The van der Waals surface area contributed by atoms with Crippen LogP contribution in [0.3, 0.4) is 0 Å². The summed E-state index contributed by atoms with van der Waals surface area (Å²) in [5, 5.41) is 20.9. The summed E-state index contributed by atoms with van der Waals surface area (Å²) in [5.74, 6) is 1.15. The Hall–Kier alpha value is -0.160. The molecule has 154 valence electrons. The van der Waals surface area contributed by atoms with E-state index in [0.29, 0.717) is 28.8 Å². The van der Waals surface area contributed by atoms with E-state index < -0.39 is 11.4 Å². The molecule has 1 aliphatic heterocycles. The standard InChI is InChI=1S/C23H38O4/c1-19(2)26-14-20(3)17-6-5-15-11-16-12-22(15,9-10-23(16,25)13-24)21(17,4)8-7-18(20)27-19/h15-18,24-25H,5-14H2,1-4H3/t15-,16+,17-,18+,20-,21-,22?,23-/m0/s1. The quantitative estimate of drug-likeness (QED) is 0.727. The van der Waals surface area contributed by atoms with Gasteiger partial charge >= 0.3 is 0 Å². The second-order valence-corrected chi connectivity index (χ2v) is 11.6. The molecule has 0 aromatic heterocycles. The van der Waals surface area contributed by atoms with E-state index in [1.165, 1.54) is 19.3 Å². The zero-order chi connectivity index (χ0) is 19.3. The van der Waals surface area contributed by atoms with E-state index in [-0.39, 0.29) is 17.9 Å². The van der Waals surface area contributed by atoms with Gasteiger partial charge in [0.15, 0.2) is 5.79 Å². The minimum absolute atomic E-state index is 0.0723. The highest BCUT2D eigenvalue weighted by Crippen LogP contribution is 2.75. The van der Waals surface area contributed by atoms with Gasteiger partial charge in [-0.1, -0.05) is 13.8 Å². The zero-order valence-electron chi connectivity index (χ0n) is 17.6. The van der Waals surface area contributed by atoms with Crippen molar-refractivity contribution in [3.05, 3.63) is 0 Å². The third kappa shape index (κ3) is 2.25. The summed E-state index contributed by atoms with van der Waals surface area (Å²) < 4.78 is 12.6. The molecule has 1 saturated heterocycles. The first-order chi connectivity index (χ1) is 12.6. The molecule has 1 heterocycles. The minimum Gasteiger partial charge on any atom is -0.393 e. The van der Waals surface area contributed by atoms with Crippen molar-refractivity contribution in [2.24, 2.45) is 34.0 Å². The molecule has 4 nitrogen and oxygen atoms in total. The highest BCUT2D eigenvalue weighted by molar-refractivity contribution is 5.20. The first kappa shape index (κ1) is 18.8. The van der Waals surface area contributed by atoms with Gasteiger partial charge in [0.05, 0.1) is 24.9 Å². The van der Waals surface area contributed by atoms with Gasteiger partial charge in [-0.15, -0.1) is 0 Å². The van der Waals surface area contributed by atoms with Gasteiger partial charge in [-0.25, -0.2) is 0 Å². The summed E-state index contributed by atoms with van der Waals surface area (Å²) in [5.41, 5.74) is -0.120. The SMILES string of the molecule is CC1(C)OC[C@]2(C)[C@@H](CC[C@@]3(C)[C@H]2CC[C@H]2C[C@@H]4CC23CC[C@]4(O)CO)O1. The van der Waals surface area contributed by atoms with Gasteiger partial charge < -0.3 is 19.7 Å². The lowest BCUT2D eigenvalue weighted by Crippen LogP contribution is -2.66. The summed E-state index contributed by atoms with van der Waals surface area (Å²) in [6.07, 6.45) is 9.24.